The van der Waals surface area contributed by atoms with Gasteiger partial charge in [0, 0.05) is 25.0 Å². The summed E-state index contributed by atoms with van der Waals surface area (Å²) in [5.74, 6) is 6.85. The minimum atomic E-state index is -0.112. The number of nitrogens with zero attached hydrogens (tertiary/aromatic N) is 1. The van der Waals surface area contributed by atoms with Gasteiger partial charge in [0.1, 0.15) is 5.75 Å². The van der Waals surface area contributed by atoms with Crippen LogP contribution in [-0.2, 0) is 4.79 Å². The predicted octanol–water partition coefficient (Wildman–Crippen LogP) is 4.84. The van der Waals surface area contributed by atoms with Crippen LogP contribution in [0.2, 0.25) is 0 Å². The fourth-order valence-corrected chi connectivity index (χ4v) is 3.31. The summed E-state index contributed by atoms with van der Waals surface area (Å²) in [7, 11) is 0. The van der Waals surface area contributed by atoms with E-state index in [9.17, 15) is 4.79 Å². The Hall–Kier alpha value is -2.55. The van der Waals surface area contributed by atoms with Gasteiger partial charge in [0.15, 0.2) is 6.61 Å². The van der Waals surface area contributed by atoms with Crippen molar-refractivity contribution in [2.75, 3.05) is 32.8 Å². The second-order valence-corrected chi connectivity index (χ2v) is 8.77. The standard InChI is InChI=1S/C25H32N2O2S/c1-5-27(15-8-6-7-13-25(2,3)4)16-14-26-24(28)19-29-23-11-9-10-21(18-23)22-12-17-30-20-22/h6,8-12,17-18,20H,5,14-16,19H2,1-4H3,(H,26,28)/b8-6+. The molecule has 4 nitrogen and oxygen atoms in total. The lowest BCUT2D eigenvalue weighted by Gasteiger charge is -2.18. The van der Waals surface area contributed by atoms with Crippen LogP contribution in [0.5, 0.6) is 5.75 Å². The van der Waals surface area contributed by atoms with Gasteiger partial charge in [-0.3, -0.25) is 9.69 Å². The Labute approximate surface area is 184 Å². The number of amides is 1. The van der Waals surface area contributed by atoms with Gasteiger partial charge in [-0.2, -0.15) is 11.3 Å². The van der Waals surface area contributed by atoms with Crippen molar-refractivity contribution in [1.29, 1.82) is 0 Å². The fourth-order valence-electron chi connectivity index (χ4n) is 2.64. The normalized spacial score (nSPS) is 11.4. The van der Waals surface area contributed by atoms with Crippen molar-refractivity contribution in [3.63, 3.8) is 0 Å². The number of nitrogens with one attached hydrogen (secondary N) is 1. The molecular weight excluding hydrogens is 392 g/mol. The third-order valence-corrected chi connectivity index (χ3v) is 4.95. The average Bonchev–Trinajstić information content (AvgIpc) is 3.25. The fraction of sp³-hybridized carbons (Fsp3) is 0.400. The zero-order chi connectivity index (χ0) is 21.8. The van der Waals surface area contributed by atoms with Gasteiger partial charge in [0.2, 0.25) is 0 Å². The Morgan fingerprint density at radius 3 is 2.80 bits per heavy atom. The predicted molar refractivity (Wildman–Crippen MR) is 127 cm³/mol. The third kappa shape index (κ3) is 9.30. The van der Waals surface area contributed by atoms with E-state index in [1.807, 2.05) is 35.7 Å². The molecule has 1 amide bonds. The first kappa shape index (κ1) is 23.7. The lowest BCUT2D eigenvalue weighted by Crippen LogP contribution is -2.37. The van der Waals surface area contributed by atoms with E-state index in [4.69, 9.17) is 4.74 Å². The molecular formula is C25H32N2O2S. The summed E-state index contributed by atoms with van der Waals surface area (Å²) in [6.45, 7) is 11.5. The van der Waals surface area contributed by atoms with Crippen LogP contribution in [0, 0.1) is 17.3 Å². The van der Waals surface area contributed by atoms with E-state index in [-0.39, 0.29) is 17.9 Å². The molecule has 0 saturated carbocycles. The monoisotopic (exact) mass is 424 g/mol. The Morgan fingerprint density at radius 2 is 2.10 bits per heavy atom. The third-order valence-electron chi connectivity index (χ3n) is 4.27. The van der Waals surface area contributed by atoms with Crippen molar-refractivity contribution in [2.24, 2.45) is 5.41 Å². The van der Waals surface area contributed by atoms with Crippen LogP contribution in [0.3, 0.4) is 0 Å². The number of benzene rings is 1. The van der Waals surface area contributed by atoms with Crippen LogP contribution in [-0.4, -0.2) is 43.6 Å². The molecule has 0 aliphatic carbocycles. The molecule has 0 unspecified atom stereocenters. The van der Waals surface area contributed by atoms with Crippen LogP contribution in [0.15, 0.2) is 53.2 Å². The first-order valence-corrected chi connectivity index (χ1v) is 11.2. The van der Waals surface area contributed by atoms with Gasteiger partial charge in [-0.05, 0) is 73.5 Å². The van der Waals surface area contributed by atoms with Crippen LogP contribution >= 0.6 is 11.3 Å². The summed E-state index contributed by atoms with van der Waals surface area (Å²) in [5, 5.41) is 7.07. The smallest absolute Gasteiger partial charge is 0.257 e. The van der Waals surface area contributed by atoms with E-state index in [2.05, 4.69) is 67.3 Å². The summed E-state index contributed by atoms with van der Waals surface area (Å²) in [5.41, 5.74) is 2.27. The van der Waals surface area contributed by atoms with Crippen molar-refractivity contribution < 1.29 is 9.53 Å². The molecule has 0 fully saturated rings. The molecule has 0 spiro atoms. The molecule has 160 valence electrons. The SMILES string of the molecule is CCN(C/C=C/C#CC(C)(C)C)CCNC(=O)COc1cccc(-c2ccsc2)c1. The van der Waals surface area contributed by atoms with Gasteiger partial charge in [0.25, 0.3) is 5.91 Å². The second-order valence-electron chi connectivity index (χ2n) is 7.99. The Morgan fingerprint density at radius 1 is 1.27 bits per heavy atom. The van der Waals surface area contributed by atoms with Gasteiger partial charge in [-0.15, -0.1) is 0 Å². The number of rotatable bonds is 10. The summed E-state index contributed by atoms with van der Waals surface area (Å²) in [4.78, 5) is 14.4. The number of hydrogen-bond donors (Lipinski definition) is 1. The quantitative estimate of drug-likeness (QED) is 0.555. The largest absolute Gasteiger partial charge is 0.484 e. The molecule has 0 aliphatic rings. The number of thiophene rings is 1. The molecule has 0 aliphatic heterocycles. The Kier molecular flexibility index (Phi) is 9.66. The number of likely N-dealkylation sites (N-methyl/N-ethyl adjacent to an activating group) is 1. The number of ether oxygens (including phenoxy) is 1. The van der Waals surface area contributed by atoms with E-state index in [1.165, 1.54) is 0 Å². The van der Waals surface area contributed by atoms with Crippen molar-refractivity contribution in [2.45, 2.75) is 27.7 Å². The molecule has 0 saturated heterocycles. The highest BCUT2D eigenvalue weighted by atomic mass is 32.1. The molecule has 0 bridgehead atoms. The molecule has 0 radical (unpaired) electrons. The molecule has 2 aromatic rings. The Bertz CT molecular complexity index is 871. The molecule has 1 heterocycles. The molecule has 1 aromatic carbocycles. The average molecular weight is 425 g/mol. The summed E-state index contributed by atoms with van der Waals surface area (Å²) in [6, 6.07) is 9.89. The summed E-state index contributed by atoms with van der Waals surface area (Å²) >= 11 is 1.66. The van der Waals surface area contributed by atoms with Crippen LogP contribution in [0.25, 0.3) is 11.1 Å². The molecule has 5 heteroatoms. The van der Waals surface area contributed by atoms with E-state index in [0.717, 1.165) is 30.8 Å². The zero-order valence-electron chi connectivity index (χ0n) is 18.4. The summed E-state index contributed by atoms with van der Waals surface area (Å²) < 4.78 is 5.66. The van der Waals surface area contributed by atoms with E-state index in [1.54, 1.807) is 11.3 Å². The highest BCUT2D eigenvalue weighted by Crippen LogP contribution is 2.25. The lowest BCUT2D eigenvalue weighted by molar-refractivity contribution is -0.123. The molecule has 0 atom stereocenters. The zero-order valence-corrected chi connectivity index (χ0v) is 19.2. The van der Waals surface area contributed by atoms with Gasteiger partial charge in [0.05, 0.1) is 0 Å². The van der Waals surface area contributed by atoms with Crippen molar-refractivity contribution in [3.8, 4) is 28.7 Å². The minimum Gasteiger partial charge on any atom is -0.484 e. The van der Waals surface area contributed by atoms with Crippen LogP contribution in [0.1, 0.15) is 27.7 Å². The first-order valence-electron chi connectivity index (χ1n) is 10.3. The lowest BCUT2D eigenvalue weighted by atomic mass is 9.98. The maximum atomic E-state index is 12.1. The van der Waals surface area contributed by atoms with E-state index in [0.29, 0.717) is 12.3 Å². The topological polar surface area (TPSA) is 41.6 Å². The number of carbonyl (C=O) groups excluding carboxylic acids is 1. The highest BCUT2D eigenvalue weighted by molar-refractivity contribution is 7.08. The van der Waals surface area contributed by atoms with E-state index < -0.39 is 0 Å². The molecule has 1 N–H and O–H groups in total. The molecule has 1 aromatic heterocycles. The number of allylic oxidation sites excluding steroid dienone is 1. The highest BCUT2D eigenvalue weighted by Gasteiger charge is 2.06. The van der Waals surface area contributed by atoms with E-state index >= 15 is 0 Å². The van der Waals surface area contributed by atoms with Gasteiger partial charge in [-0.1, -0.05) is 37.0 Å². The van der Waals surface area contributed by atoms with Gasteiger partial charge < -0.3 is 10.1 Å². The number of hydrogen-bond acceptors (Lipinski definition) is 4. The van der Waals surface area contributed by atoms with Crippen molar-refractivity contribution >= 4 is 17.2 Å². The first-order chi connectivity index (χ1) is 14.4. The second kappa shape index (κ2) is 12.2. The maximum absolute atomic E-state index is 12.1. The molecule has 30 heavy (non-hydrogen) atoms. The van der Waals surface area contributed by atoms with Gasteiger partial charge in [-0.25, -0.2) is 0 Å². The van der Waals surface area contributed by atoms with Gasteiger partial charge >= 0.3 is 0 Å². The Balaban J connectivity index is 1.69. The molecule has 2 rings (SSSR count). The van der Waals surface area contributed by atoms with Crippen LogP contribution in [0.4, 0.5) is 0 Å². The number of carbonyl (C=O) groups is 1. The maximum Gasteiger partial charge on any atom is 0.257 e. The minimum absolute atomic E-state index is 0.0154. The summed E-state index contributed by atoms with van der Waals surface area (Å²) in [6.07, 6.45) is 3.97. The van der Waals surface area contributed by atoms with Crippen molar-refractivity contribution in [1.82, 2.24) is 10.2 Å². The van der Waals surface area contributed by atoms with Crippen molar-refractivity contribution in [3.05, 3.63) is 53.2 Å². The van der Waals surface area contributed by atoms with Crippen LogP contribution < -0.4 is 10.1 Å².